The van der Waals surface area contributed by atoms with Gasteiger partial charge in [0.2, 0.25) is 0 Å². The molecule has 2 saturated heterocycles. The van der Waals surface area contributed by atoms with Crippen LogP contribution in [-0.2, 0) is 23.7 Å². The number of carboxylic acids is 1. The van der Waals surface area contributed by atoms with E-state index in [1.165, 1.54) is 11.6 Å². The number of hydrogen-bond acceptors (Lipinski definition) is 6. The van der Waals surface area contributed by atoms with Gasteiger partial charge in [-0.05, 0) is 46.1 Å². The van der Waals surface area contributed by atoms with E-state index in [0.717, 1.165) is 25.3 Å². The summed E-state index contributed by atoms with van der Waals surface area (Å²) >= 11 is 0. The number of methoxy groups -OCH3 is 1. The van der Waals surface area contributed by atoms with Crippen LogP contribution in [0.15, 0.2) is 60.3 Å². The van der Waals surface area contributed by atoms with E-state index in [-0.39, 0.29) is 35.4 Å². The lowest BCUT2D eigenvalue weighted by Crippen LogP contribution is -2.55. The highest BCUT2D eigenvalue weighted by molar-refractivity contribution is 5.80. The van der Waals surface area contributed by atoms with Crippen molar-refractivity contribution >= 4 is 5.97 Å². The van der Waals surface area contributed by atoms with E-state index in [9.17, 15) is 9.90 Å². The van der Waals surface area contributed by atoms with Crippen molar-refractivity contribution in [3.63, 3.8) is 0 Å². The highest BCUT2D eigenvalue weighted by atomic mass is 16.6. The van der Waals surface area contributed by atoms with Crippen molar-refractivity contribution in [3.05, 3.63) is 60.3 Å². The summed E-state index contributed by atoms with van der Waals surface area (Å²) in [7, 11) is 1.68. The molecule has 2 aliphatic heterocycles. The average molecular weight is 461 g/mol. The van der Waals surface area contributed by atoms with E-state index in [4.69, 9.17) is 24.1 Å². The zero-order chi connectivity index (χ0) is 24.1. The van der Waals surface area contributed by atoms with Crippen LogP contribution in [0.4, 0.5) is 0 Å². The largest absolute Gasteiger partial charge is 0.478 e. The summed E-state index contributed by atoms with van der Waals surface area (Å²) in [5, 5.41) is 18.9. The fourth-order valence-corrected chi connectivity index (χ4v) is 4.87. The van der Waals surface area contributed by atoms with E-state index >= 15 is 0 Å². The number of carboxylic acid groups (broad SMARTS) is 1. The van der Waals surface area contributed by atoms with Crippen LogP contribution < -0.4 is 0 Å². The number of hydrogen-bond donors (Lipinski definition) is 2. The van der Waals surface area contributed by atoms with Crippen molar-refractivity contribution in [1.29, 1.82) is 0 Å². The predicted molar refractivity (Wildman–Crippen MR) is 125 cm³/mol. The molecule has 0 bridgehead atoms. The van der Waals surface area contributed by atoms with Gasteiger partial charge in [-0.2, -0.15) is 0 Å². The first kappa shape index (κ1) is 25.6. The van der Waals surface area contributed by atoms with Crippen LogP contribution in [0.2, 0.25) is 0 Å². The second-order valence-corrected chi connectivity index (χ2v) is 9.29. The van der Waals surface area contributed by atoms with Gasteiger partial charge in [0.05, 0.1) is 36.4 Å². The highest BCUT2D eigenvalue weighted by Gasteiger charge is 2.72. The smallest absolute Gasteiger partial charge is 0.328 e. The molecule has 0 aromatic heterocycles. The number of aliphatic hydroxyl groups excluding tert-OH is 1. The third kappa shape index (κ3) is 6.52. The Hall–Kier alpha value is -2.03. The van der Waals surface area contributed by atoms with Gasteiger partial charge >= 0.3 is 5.97 Å². The van der Waals surface area contributed by atoms with Crippen LogP contribution in [0.25, 0.3) is 0 Å². The first-order valence-electron chi connectivity index (χ1n) is 11.4. The molecule has 182 valence electrons. The molecule has 1 saturated carbocycles. The minimum absolute atomic E-state index is 0.0318. The monoisotopic (exact) mass is 460 g/mol. The minimum Gasteiger partial charge on any atom is -0.478 e. The van der Waals surface area contributed by atoms with Crippen LogP contribution in [0.1, 0.15) is 40.0 Å². The topological polar surface area (TPSA) is 101 Å². The Labute approximate surface area is 196 Å². The Morgan fingerprint density at radius 1 is 1.18 bits per heavy atom. The lowest BCUT2D eigenvalue weighted by molar-refractivity contribution is -0.189. The summed E-state index contributed by atoms with van der Waals surface area (Å²) < 4.78 is 24.0. The second-order valence-electron chi connectivity index (χ2n) is 9.29. The quantitative estimate of drug-likeness (QED) is 0.159. The third-order valence-corrected chi connectivity index (χ3v) is 6.62. The first-order chi connectivity index (χ1) is 15.7. The van der Waals surface area contributed by atoms with Crippen LogP contribution in [0, 0.1) is 5.92 Å². The molecular weight excluding hydrogens is 424 g/mol. The average Bonchev–Trinajstić information content (AvgIpc) is 3.67. The fourth-order valence-electron chi connectivity index (χ4n) is 4.87. The molecule has 1 unspecified atom stereocenters. The molecule has 0 aromatic carbocycles. The molecule has 2 N–H and O–H groups in total. The number of ether oxygens (including phenoxy) is 4. The Bertz CT molecular complexity index is 832. The lowest BCUT2D eigenvalue weighted by atomic mass is 9.68. The van der Waals surface area contributed by atoms with Crippen molar-refractivity contribution in [2.45, 2.75) is 75.8 Å². The summed E-state index contributed by atoms with van der Waals surface area (Å²) in [5.74, 6) is -0.961. The molecular formula is C26H36O7. The molecule has 7 nitrogen and oxygen atoms in total. The van der Waals surface area contributed by atoms with Gasteiger partial charge < -0.3 is 29.2 Å². The van der Waals surface area contributed by atoms with Crippen LogP contribution >= 0.6 is 0 Å². The van der Waals surface area contributed by atoms with Crippen LogP contribution in [-0.4, -0.2) is 65.7 Å². The van der Waals surface area contributed by atoms with Gasteiger partial charge in [0.1, 0.15) is 5.60 Å². The van der Waals surface area contributed by atoms with Gasteiger partial charge in [-0.3, -0.25) is 0 Å². The fraction of sp³-hybridized carbons (Fsp3) is 0.577. The first-order valence-corrected chi connectivity index (χ1v) is 11.4. The molecule has 2 heterocycles. The molecule has 3 aliphatic rings. The number of carbonyl (C=O) groups is 1. The number of allylic oxidation sites excluding steroid dienone is 7. The standard InChI is InChI=1S/C26H36O7/c1-18(2)13-14-20-25(3,33-20)24-23(30-4)19(15-16-26(24)17-31-26)32-22(29)12-10-8-6-5-7-9-11-21(27)28/h5-13,19-20,22-24,29H,14-17H2,1-4H3,(H,27,28)/t19-,20-,22?,23-,24-,25+,26+/m1/s1. The summed E-state index contributed by atoms with van der Waals surface area (Å²) in [6.07, 6.45) is 15.7. The predicted octanol–water partition coefficient (Wildman–Crippen LogP) is 3.71. The van der Waals surface area contributed by atoms with Crippen molar-refractivity contribution < 1.29 is 34.0 Å². The lowest BCUT2D eigenvalue weighted by Gasteiger charge is -2.43. The van der Waals surface area contributed by atoms with Gasteiger partial charge in [0, 0.05) is 13.2 Å². The molecule has 3 rings (SSSR count). The zero-order valence-corrected chi connectivity index (χ0v) is 19.8. The zero-order valence-electron chi connectivity index (χ0n) is 19.8. The number of aliphatic hydroxyl groups is 1. The van der Waals surface area contributed by atoms with Crippen LogP contribution in [0.3, 0.4) is 0 Å². The molecule has 0 radical (unpaired) electrons. The maximum Gasteiger partial charge on any atom is 0.328 e. The highest BCUT2D eigenvalue weighted by Crippen LogP contribution is 2.59. The molecule has 0 amide bonds. The number of aliphatic carboxylic acids is 1. The van der Waals surface area contributed by atoms with E-state index in [1.807, 2.05) is 0 Å². The van der Waals surface area contributed by atoms with Crippen molar-refractivity contribution in [3.8, 4) is 0 Å². The maximum absolute atomic E-state index is 10.4. The Balaban J connectivity index is 1.59. The number of epoxide rings is 2. The molecule has 33 heavy (non-hydrogen) atoms. The summed E-state index contributed by atoms with van der Waals surface area (Å²) in [4.78, 5) is 10.4. The van der Waals surface area contributed by atoms with Crippen molar-refractivity contribution in [1.82, 2.24) is 0 Å². The number of rotatable bonds is 11. The van der Waals surface area contributed by atoms with Crippen molar-refractivity contribution in [2.24, 2.45) is 5.92 Å². The Morgan fingerprint density at radius 3 is 2.45 bits per heavy atom. The van der Waals surface area contributed by atoms with E-state index in [1.54, 1.807) is 43.6 Å². The Morgan fingerprint density at radius 2 is 1.85 bits per heavy atom. The van der Waals surface area contributed by atoms with Gasteiger partial charge in [-0.1, -0.05) is 48.1 Å². The van der Waals surface area contributed by atoms with E-state index in [2.05, 4.69) is 26.8 Å². The SMILES string of the molecule is CO[C@@H]1[C@H](OC(O)C=CC=CC=CC=CC(=O)O)CC[C@]2(CO2)[C@H]1[C@@]1(C)O[C@@H]1CC=C(C)C. The minimum atomic E-state index is -1.07. The second kappa shape index (κ2) is 10.9. The van der Waals surface area contributed by atoms with Crippen molar-refractivity contribution in [2.75, 3.05) is 13.7 Å². The molecule has 7 atom stereocenters. The molecule has 1 spiro atoms. The summed E-state index contributed by atoms with van der Waals surface area (Å²) in [6.45, 7) is 7.02. The summed E-state index contributed by atoms with van der Waals surface area (Å²) in [5.41, 5.74) is 0.713. The molecule has 7 heteroatoms. The maximum atomic E-state index is 10.4. The van der Waals surface area contributed by atoms with Gasteiger partial charge in [0.25, 0.3) is 0 Å². The van der Waals surface area contributed by atoms with E-state index in [0.29, 0.717) is 6.61 Å². The molecule has 3 fully saturated rings. The van der Waals surface area contributed by atoms with Crippen LogP contribution in [0.5, 0.6) is 0 Å². The normalized spacial score (nSPS) is 36.9. The van der Waals surface area contributed by atoms with Gasteiger partial charge in [0.15, 0.2) is 6.29 Å². The molecule has 0 aromatic rings. The van der Waals surface area contributed by atoms with Gasteiger partial charge in [-0.15, -0.1) is 0 Å². The summed E-state index contributed by atoms with van der Waals surface area (Å²) in [6, 6.07) is 0. The third-order valence-electron chi connectivity index (χ3n) is 6.62. The Kier molecular flexibility index (Phi) is 8.48. The molecule has 1 aliphatic carbocycles. The van der Waals surface area contributed by atoms with Gasteiger partial charge in [-0.25, -0.2) is 4.79 Å². The van der Waals surface area contributed by atoms with E-state index < -0.39 is 12.3 Å².